The minimum Gasteiger partial charge on any atom is -0.382 e. The van der Waals surface area contributed by atoms with Gasteiger partial charge in [0.15, 0.2) is 0 Å². The summed E-state index contributed by atoms with van der Waals surface area (Å²) < 4.78 is 29.3. The van der Waals surface area contributed by atoms with E-state index in [9.17, 15) is 8.78 Å². The normalized spacial score (nSPS) is 23.5. The number of nitrogens with one attached hydrogen (secondary N) is 2. The molecule has 3 aliphatic heterocycles. The standard InChI is InChI=1S/C40H47F2N9/c1-25-7-5-6-8-38-35(23-43-48(38)4)37-16-28(15-26(2)44-37)27(3)45-40-47-36-10-9-33(22-39(36)51(40)24-25)49-11-13-50(14-12-49)34-20-32(21-34)46-31-18-29(41)17-30(42)19-31/h9-10,15-19,22-23,25,32,34,46H,3,5-8,11-14,20-21,24H2,1-2,4H3,(H,45,47)/t25-,32-,34+/m1/s1. The lowest BCUT2D eigenvalue weighted by Gasteiger charge is -2.47. The molecule has 1 saturated carbocycles. The van der Waals surface area contributed by atoms with Gasteiger partial charge in [0, 0.05) is 91.8 Å². The van der Waals surface area contributed by atoms with Crippen molar-refractivity contribution >= 4 is 34.4 Å². The van der Waals surface area contributed by atoms with E-state index < -0.39 is 11.6 Å². The Morgan fingerprint density at radius 3 is 2.53 bits per heavy atom. The second kappa shape index (κ2) is 13.7. The zero-order valence-electron chi connectivity index (χ0n) is 29.8. The van der Waals surface area contributed by atoms with Crippen LogP contribution in [0, 0.1) is 24.5 Å². The second-order valence-electron chi connectivity index (χ2n) is 14.8. The molecule has 266 valence electrons. The fraction of sp³-hybridized carbons (Fsp3) is 0.425. The van der Waals surface area contributed by atoms with Crippen LogP contribution in [0.25, 0.3) is 17.0 Å². The monoisotopic (exact) mass is 691 g/mol. The molecule has 2 aromatic carbocycles. The Bertz CT molecular complexity index is 1950. The summed E-state index contributed by atoms with van der Waals surface area (Å²) in [6.45, 7) is 13.5. The molecule has 1 aliphatic carbocycles. The second-order valence-corrected chi connectivity index (χ2v) is 14.8. The average Bonchev–Trinajstić information content (AvgIpc) is 3.62. The molecule has 8 rings (SSSR count). The zero-order chi connectivity index (χ0) is 35.2. The van der Waals surface area contributed by atoms with Gasteiger partial charge in [-0.3, -0.25) is 14.6 Å². The van der Waals surface area contributed by atoms with Crippen LogP contribution in [0.3, 0.4) is 0 Å². The fourth-order valence-electron chi connectivity index (χ4n) is 8.17. The van der Waals surface area contributed by atoms with E-state index in [1.54, 1.807) is 0 Å². The molecule has 4 aliphatic rings. The first-order valence-electron chi connectivity index (χ1n) is 18.3. The van der Waals surface area contributed by atoms with Crippen molar-refractivity contribution in [3.8, 4) is 11.3 Å². The number of halogens is 2. The number of rotatable bonds is 4. The molecule has 2 bridgehead atoms. The van der Waals surface area contributed by atoms with Gasteiger partial charge < -0.3 is 20.4 Å². The van der Waals surface area contributed by atoms with Crippen LogP contribution >= 0.6 is 0 Å². The number of benzene rings is 2. The van der Waals surface area contributed by atoms with Crippen molar-refractivity contribution in [2.24, 2.45) is 18.0 Å². The molecule has 1 atom stereocenters. The zero-order valence-corrected chi connectivity index (χ0v) is 29.8. The molecule has 0 unspecified atom stereocenters. The quantitative estimate of drug-likeness (QED) is 0.230. The minimum absolute atomic E-state index is 0.240. The van der Waals surface area contributed by atoms with Crippen molar-refractivity contribution in [2.75, 3.05) is 53.2 Å². The van der Waals surface area contributed by atoms with Gasteiger partial charge in [0.05, 0.1) is 29.0 Å². The summed E-state index contributed by atoms with van der Waals surface area (Å²) in [6.07, 6.45) is 8.21. The van der Waals surface area contributed by atoms with Crippen LogP contribution in [0.2, 0.25) is 0 Å². The summed E-state index contributed by atoms with van der Waals surface area (Å²) in [5.41, 5.74) is 9.75. The van der Waals surface area contributed by atoms with Gasteiger partial charge in [-0.05, 0) is 87.4 Å². The van der Waals surface area contributed by atoms with Crippen molar-refractivity contribution in [3.63, 3.8) is 0 Å². The summed E-state index contributed by atoms with van der Waals surface area (Å²) in [5.74, 6) is 0.177. The number of aromatic nitrogens is 3. The molecule has 2 fully saturated rings. The predicted molar refractivity (Wildman–Crippen MR) is 202 cm³/mol. The molecule has 9 nitrogen and oxygen atoms in total. The van der Waals surface area contributed by atoms with Crippen LogP contribution in [0.5, 0.6) is 0 Å². The summed E-state index contributed by atoms with van der Waals surface area (Å²) in [6, 6.07) is 15.3. The van der Waals surface area contributed by atoms with E-state index >= 15 is 0 Å². The molecule has 0 radical (unpaired) electrons. The summed E-state index contributed by atoms with van der Waals surface area (Å²) in [5, 5.41) is 11.5. The highest BCUT2D eigenvalue weighted by Gasteiger charge is 2.36. The predicted octanol–water partition coefficient (Wildman–Crippen LogP) is 7.46. The Morgan fingerprint density at radius 2 is 1.75 bits per heavy atom. The summed E-state index contributed by atoms with van der Waals surface area (Å²) in [7, 11) is 2.02. The molecule has 2 N–H and O–H groups in total. The van der Waals surface area contributed by atoms with Gasteiger partial charge >= 0.3 is 0 Å². The number of aliphatic imine (C=N–C) groups is 1. The average molecular weight is 692 g/mol. The maximum Gasteiger partial charge on any atom is 0.208 e. The van der Waals surface area contributed by atoms with E-state index in [1.807, 2.05) is 24.9 Å². The molecule has 1 saturated heterocycles. The molecule has 51 heavy (non-hydrogen) atoms. The number of piperazine rings is 1. The van der Waals surface area contributed by atoms with E-state index in [-0.39, 0.29) is 6.04 Å². The molecular formula is C40H47F2N9. The molecule has 0 spiro atoms. The van der Waals surface area contributed by atoms with Gasteiger partial charge in [-0.15, -0.1) is 0 Å². The van der Waals surface area contributed by atoms with Gasteiger partial charge in [-0.2, -0.15) is 5.10 Å². The lowest BCUT2D eigenvalue weighted by Crippen LogP contribution is -2.56. The highest BCUT2D eigenvalue weighted by Crippen LogP contribution is 2.39. The summed E-state index contributed by atoms with van der Waals surface area (Å²) in [4.78, 5) is 17.4. The smallest absolute Gasteiger partial charge is 0.208 e. The molecule has 5 heterocycles. The Balaban J connectivity index is 0.972. The van der Waals surface area contributed by atoms with E-state index in [1.165, 1.54) is 23.5 Å². The Labute approximate surface area is 299 Å². The van der Waals surface area contributed by atoms with Crippen molar-refractivity contribution in [1.29, 1.82) is 0 Å². The first kappa shape index (κ1) is 33.4. The Hall–Kier alpha value is -4.77. The molecule has 2 aromatic heterocycles. The van der Waals surface area contributed by atoms with Gasteiger partial charge in [-0.1, -0.05) is 19.9 Å². The SMILES string of the molecule is C=C1/N=C2\Nc3ccc(N4CCN([C@H]5C[C@@H](Nc6cc(F)cc(F)c6)C5)CC4)cc3N2C[C@H](C)CCCCc2c(cnn2C)-c2cc1cc(C)n2. The number of hydrogen-bond donors (Lipinski definition) is 2. The molecule has 0 amide bonds. The lowest BCUT2D eigenvalue weighted by molar-refractivity contribution is 0.110. The molecule has 11 heteroatoms. The number of pyridine rings is 1. The van der Waals surface area contributed by atoms with Crippen LogP contribution in [0.1, 0.15) is 56.0 Å². The van der Waals surface area contributed by atoms with E-state index in [0.717, 1.165) is 117 Å². The third-order valence-electron chi connectivity index (χ3n) is 11.0. The number of hydrogen-bond acceptors (Lipinski definition) is 8. The number of fused-ring (bicyclic) bond motifs is 7. The first-order chi connectivity index (χ1) is 24.7. The minimum atomic E-state index is -0.549. The van der Waals surface area contributed by atoms with E-state index in [2.05, 4.69) is 74.3 Å². The van der Waals surface area contributed by atoms with E-state index in [4.69, 9.17) is 9.98 Å². The van der Waals surface area contributed by atoms with Gasteiger partial charge in [-0.25, -0.2) is 13.8 Å². The van der Waals surface area contributed by atoms with Crippen LogP contribution in [-0.2, 0) is 13.5 Å². The third-order valence-corrected chi connectivity index (χ3v) is 11.0. The lowest BCUT2D eigenvalue weighted by atomic mass is 9.85. The molecular weight excluding hydrogens is 644 g/mol. The topological polar surface area (TPSA) is 76.9 Å². The number of nitrogens with zero attached hydrogens (tertiary/aromatic N) is 7. The van der Waals surface area contributed by atoms with Crippen LogP contribution < -0.4 is 20.4 Å². The van der Waals surface area contributed by atoms with Crippen molar-refractivity contribution in [2.45, 2.75) is 64.5 Å². The van der Waals surface area contributed by atoms with Gasteiger partial charge in [0.25, 0.3) is 0 Å². The Morgan fingerprint density at radius 1 is 0.961 bits per heavy atom. The third kappa shape index (κ3) is 6.96. The van der Waals surface area contributed by atoms with E-state index in [0.29, 0.717) is 23.3 Å². The van der Waals surface area contributed by atoms with Crippen molar-refractivity contribution < 1.29 is 8.78 Å². The number of aryl methyl sites for hydroxylation is 2. The molecule has 4 aromatic rings. The van der Waals surface area contributed by atoms with Gasteiger partial charge in [0.2, 0.25) is 5.96 Å². The first-order valence-corrected chi connectivity index (χ1v) is 18.3. The van der Waals surface area contributed by atoms with Crippen LogP contribution in [0.15, 0.2) is 66.3 Å². The van der Waals surface area contributed by atoms with Crippen molar-refractivity contribution in [1.82, 2.24) is 19.7 Å². The summed E-state index contributed by atoms with van der Waals surface area (Å²) >= 11 is 0. The van der Waals surface area contributed by atoms with Crippen molar-refractivity contribution in [3.05, 3.63) is 89.9 Å². The Kier molecular flexibility index (Phi) is 9.00. The van der Waals surface area contributed by atoms with Crippen LogP contribution in [0.4, 0.5) is 31.5 Å². The fourth-order valence-corrected chi connectivity index (χ4v) is 8.17. The number of guanidine groups is 1. The largest absolute Gasteiger partial charge is 0.382 e. The van der Waals surface area contributed by atoms with Gasteiger partial charge in [0.1, 0.15) is 11.6 Å². The van der Waals surface area contributed by atoms with Crippen LogP contribution in [-0.4, -0.2) is 70.4 Å². The maximum absolute atomic E-state index is 13.6. The highest BCUT2D eigenvalue weighted by molar-refractivity contribution is 6.16. The maximum atomic E-state index is 13.6. The number of anilines is 4. The highest BCUT2D eigenvalue weighted by atomic mass is 19.1.